The highest BCUT2D eigenvalue weighted by molar-refractivity contribution is 5.53. The van der Waals surface area contributed by atoms with E-state index >= 15 is 0 Å². The van der Waals surface area contributed by atoms with Gasteiger partial charge in [0.25, 0.3) is 0 Å². The van der Waals surface area contributed by atoms with Gasteiger partial charge in [-0.1, -0.05) is 31.8 Å². The Morgan fingerprint density at radius 3 is 1.88 bits per heavy atom. The van der Waals surface area contributed by atoms with Crippen LogP contribution in [0.15, 0.2) is 6.07 Å². The fraction of sp³-hybridized carbons (Fsp3) is 0.500. The van der Waals surface area contributed by atoms with Gasteiger partial charge >= 0.3 is 0 Å². The van der Waals surface area contributed by atoms with Crippen LogP contribution in [0, 0.1) is 45.5 Å². The van der Waals surface area contributed by atoms with Crippen molar-refractivity contribution in [3.63, 3.8) is 0 Å². The van der Waals surface area contributed by atoms with Gasteiger partial charge in [-0.3, -0.25) is 0 Å². The topological polar surface area (TPSA) is 26.0 Å². The van der Waals surface area contributed by atoms with Gasteiger partial charge in [-0.15, -0.1) is 0 Å². The van der Waals surface area contributed by atoms with Crippen LogP contribution < -0.4 is 5.73 Å². The SMILES string of the molecule is Cc1cc(C)c(C)c(C#CC(N)C(C)C)c1C. The normalized spacial score (nSPS) is 12.2. The zero-order chi connectivity index (χ0) is 13.2. The summed E-state index contributed by atoms with van der Waals surface area (Å²) in [6.07, 6.45) is 0. The molecule has 0 saturated heterocycles. The number of hydrogen-bond acceptors (Lipinski definition) is 1. The van der Waals surface area contributed by atoms with Crippen LogP contribution in [0.4, 0.5) is 0 Å². The fourth-order valence-electron chi connectivity index (χ4n) is 1.73. The maximum atomic E-state index is 5.97. The first-order chi connectivity index (χ1) is 7.84. The molecular formula is C16H23N. The summed E-state index contributed by atoms with van der Waals surface area (Å²) >= 11 is 0. The molecule has 0 amide bonds. The minimum Gasteiger partial charge on any atom is -0.317 e. The molecule has 2 N–H and O–H groups in total. The Balaban J connectivity index is 3.23. The first kappa shape index (κ1) is 13.8. The molecule has 1 aromatic rings. The molecule has 1 aromatic carbocycles. The van der Waals surface area contributed by atoms with Crippen LogP contribution in [0.3, 0.4) is 0 Å². The predicted octanol–water partition coefficient (Wildman–Crippen LogP) is 3.26. The summed E-state index contributed by atoms with van der Waals surface area (Å²) in [5, 5.41) is 0. The lowest BCUT2D eigenvalue weighted by molar-refractivity contribution is 0.584. The van der Waals surface area contributed by atoms with Crippen molar-refractivity contribution in [2.45, 2.75) is 47.6 Å². The molecule has 0 bridgehead atoms. The van der Waals surface area contributed by atoms with Gasteiger partial charge in [-0.25, -0.2) is 0 Å². The van der Waals surface area contributed by atoms with E-state index in [1.54, 1.807) is 0 Å². The van der Waals surface area contributed by atoms with E-state index in [4.69, 9.17) is 5.73 Å². The van der Waals surface area contributed by atoms with Crippen LogP contribution in [-0.4, -0.2) is 6.04 Å². The van der Waals surface area contributed by atoms with Crippen LogP contribution in [0.1, 0.15) is 41.7 Å². The molecule has 0 aliphatic carbocycles. The minimum atomic E-state index is -0.0466. The third-order valence-corrected chi connectivity index (χ3v) is 3.45. The lowest BCUT2D eigenvalue weighted by Gasteiger charge is -2.11. The Hall–Kier alpha value is -1.26. The highest BCUT2D eigenvalue weighted by Crippen LogP contribution is 2.20. The van der Waals surface area contributed by atoms with Crippen molar-refractivity contribution in [1.29, 1.82) is 0 Å². The van der Waals surface area contributed by atoms with E-state index in [0.29, 0.717) is 5.92 Å². The first-order valence-electron chi connectivity index (χ1n) is 6.19. The monoisotopic (exact) mass is 229 g/mol. The lowest BCUT2D eigenvalue weighted by Crippen LogP contribution is -2.24. The third kappa shape index (κ3) is 3.11. The van der Waals surface area contributed by atoms with E-state index in [-0.39, 0.29) is 6.04 Å². The Bertz CT molecular complexity index is 446. The van der Waals surface area contributed by atoms with Gasteiger partial charge in [0.1, 0.15) is 0 Å². The summed E-state index contributed by atoms with van der Waals surface area (Å²) in [7, 11) is 0. The average molecular weight is 229 g/mol. The van der Waals surface area contributed by atoms with Crippen molar-refractivity contribution in [1.82, 2.24) is 0 Å². The summed E-state index contributed by atoms with van der Waals surface area (Å²) < 4.78 is 0. The van der Waals surface area contributed by atoms with Gasteiger partial charge in [0.2, 0.25) is 0 Å². The van der Waals surface area contributed by atoms with E-state index in [1.165, 1.54) is 22.3 Å². The number of nitrogens with two attached hydrogens (primary N) is 1. The van der Waals surface area contributed by atoms with E-state index < -0.39 is 0 Å². The second-order valence-corrected chi connectivity index (χ2v) is 5.17. The molecule has 1 nitrogen and oxygen atoms in total. The largest absolute Gasteiger partial charge is 0.317 e. The molecule has 1 heteroatoms. The second-order valence-electron chi connectivity index (χ2n) is 5.17. The Morgan fingerprint density at radius 1 is 1.00 bits per heavy atom. The predicted molar refractivity (Wildman–Crippen MR) is 75.1 cm³/mol. The molecule has 0 fully saturated rings. The van der Waals surface area contributed by atoms with Crippen LogP contribution in [0.5, 0.6) is 0 Å². The Labute approximate surface area is 105 Å². The molecule has 0 aliphatic heterocycles. The van der Waals surface area contributed by atoms with Crippen LogP contribution in [0.2, 0.25) is 0 Å². The summed E-state index contributed by atoms with van der Waals surface area (Å²) in [5.41, 5.74) is 12.3. The smallest absolute Gasteiger partial charge is 0.0691 e. The number of hydrogen-bond donors (Lipinski definition) is 1. The van der Waals surface area contributed by atoms with Gasteiger partial charge in [-0.2, -0.15) is 0 Å². The molecule has 92 valence electrons. The third-order valence-electron chi connectivity index (χ3n) is 3.45. The Morgan fingerprint density at radius 2 is 1.47 bits per heavy atom. The summed E-state index contributed by atoms with van der Waals surface area (Å²) in [5.74, 6) is 6.83. The van der Waals surface area contributed by atoms with Crippen molar-refractivity contribution in [3.05, 3.63) is 33.9 Å². The molecule has 0 radical (unpaired) electrons. The highest BCUT2D eigenvalue weighted by Gasteiger charge is 2.07. The summed E-state index contributed by atoms with van der Waals surface area (Å²) in [4.78, 5) is 0. The number of aryl methyl sites for hydroxylation is 2. The van der Waals surface area contributed by atoms with Crippen LogP contribution in [0.25, 0.3) is 0 Å². The van der Waals surface area contributed by atoms with Crippen molar-refractivity contribution in [3.8, 4) is 11.8 Å². The molecule has 1 unspecified atom stereocenters. The molecule has 0 aliphatic rings. The highest BCUT2D eigenvalue weighted by atomic mass is 14.6. The van der Waals surface area contributed by atoms with Gasteiger partial charge in [0.15, 0.2) is 0 Å². The maximum absolute atomic E-state index is 5.97. The second kappa shape index (κ2) is 5.38. The molecule has 0 saturated carbocycles. The summed E-state index contributed by atoms with van der Waals surface area (Å²) in [6.45, 7) is 12.7. The van der Waals surface area contributed by atoms with Crippen LogP contribution >= 0.6 is 0 Å². The molecule has 0 aromatic heterocycles. The first-order valence-corrected chi connectivity index (χ1v) is 6.19. The van der Waals surface area contributed by atoms with Gasteiger partial charge in [0, 0.05) is 5.56 Å². The van der Waals surface area contributed by atoms with E-state index in [2.05, 4.69) is 59.4 Å². The van der Waals surface area contributed by atoms with E-state index in [9.17, 15) is 0 Å². The molecular weight excluding hydrogens is 206 g/mol. The van der Waals surface area contributed by atoms with Crippen molar-refractivity contribution >= 4 is 0 Å². The molecule has 17 heavy (non-hydrogen) atoms. The average Bonchev–Trinajstić information content (AvgIpc) is 2.26. The fourth-order valence-corrected chi connectivity index (χ4v) is 1.73. The molecule has 1 atom stereocenters. The maximum Gasteiger partial charge on any atom is 0.0691 e. The van der Waals surface area contributed by atoms with Gasteiger partial charge in [-0.05, 0) is 55.9 Å². The van der Waals surface area contributed by atoms with E-state index in [0.717, 1.165) is 5.56 Å². The number of benzene rings is 1. The zero-order valence-corrected chi connectivity index (χ0v) is 11.8. The standard InChI is InChI=1S/C16H23N/c1-10(2)16(17)8-7-15-13(5)11(3)9-12(4)14(15)6/h9-10,16H,17H2,1-6H3. The molecule has 0 heterocycles. The Kier molecular flexibility index (Phi) is 4.37. The van der Waals surface area contributed by atoms with Crippen molar-refractivity contribution in [2.24, 2.45) is 11.7 Å². The van der Waals surface area contributed by atoms with Crippen molar-refractivity contribution < 1.29 is 0 Å². The lowest BCUT2D eigenvalue weighted by atomic mass is 9.94. The minimum absolute atomic E-state index is 0.0466. The van der Waals surface area contributed by atoms with Gasteiger partial charge < -0.3 is 5.73 Å². The summed E-state index contributed by atoms with van der Waals surface area (Å²) in [6, 6.07) is 2.17. The number of rotatable bonds is 1. The quantitative estimate of drug-likeness (QED) is 0.735. The van der Waals surface area contributed by atoms with E-state index in [1.807, 2.05) is 0 Å². The zero-order valence-electron chi connectivity index (χ0n) is 11.8. The molecule has 0 spiro atoms. The molecule has 1 rings (SSSR count). The van der Waals surface area contributed by atoms with Crippen molar-refractivity contribution in [2.75, 3.05) is 0 Å². The van der Waals surface area contributed by atoms with Crippen LogP contribution in [-0.2, 0) is 0 Å². The van der Waals surface area contributed by atoms with Gasteiger partial charge in [0.05, 0.1) is 6.04 Å².